The molecule has 0 aromatic heterocycles. The van der Waals surface area contributed by atoms with Crippen LogP contribution in [0.15, 0.2) is 0 Å². The molecule has 0 nitrogen and oxygen atoms in total. The van der Waals surface area contributed by atoms with E-state index in [-0.39, 0.29) is 0 Å². The molecule has 0 saturated heterocycles. The zero-order chi connectivity index (χ0) is 11.2. The van der Waals surface area contributed by atoms with Crippen molar-refractivity contribution < 1.29 is 0 Å². The molecule has 14 heavy (non-hydrogen) atoms. The normalized spacial score (nSPS) is 14.8. The van der Waals surface area contributed by atoms with Crippen LogP contribution in [0.5, 0.6) is 0 Å². The minimum atomic E-state index is -1.45. The van der Waals surface area contributed by atoms with Crippen LogP contribution in [0.3, 0.4) is 0 Å². The first-order valence-corrected chi connectivity index (χ1v) is 16.9. The molecule has 0 aromatic rings. The van der Waals surface area contributed by atoms with Gasteiger partial charge in [-0.3, -0.25) is 0 Å². The maximum atomic E-state index is 2.55. The fourth-order valence-electron chi connectivity index (χ4n) is 1.70. The van der Waals surface area contributed by atoms with E-state index in [1.165, 1.54) is 25.7 Å². The predicted molar refractivity (Wildman–Crippen MR) is 70.6 cm³/mol. The standard InChI is InChI=1S/C10H21.3CH3.Sn/c1-5-10(4)8-6-7-9(2)3;;;;/h9-10H,1,5-8H2,2-4H3;3*1H3;. The van der Waals surface area contributed by atoms with Gasteiger partial charge in [0.15, 0.2) is 0 Å². The van der Waals surface area contributed by atoms with Gasteiger partial charge in [0.1, 0.15) is 0 Å². The number of hydrogen-bond donors (Lipinski definition) is 0. The van der Waals surface area contributed by atoms with E-state index in [9.17, 15) is 0 Å². The van der Waals surface area contributed by atoms with Gasteiger partial charge in [0.2, 0.25) is 0 Å². The van der Waals surface area contributed by atoms with Crippen LogP contribution in [-0.4, -0.2) is 18.4 Å². The Kier molecular flexibility index (Phi) is 7.54. The van der Waals surface area contributed by atoms with Gasteiger partial charge in [-0.1, -0.05) is 0 Å². The van der Waals surface area contributed by atoms with Crippen molar-refractivity contribution in [3.63, 3.8) is 0 Å². The Morgan fingerprint density at radius 2 is 1.43 bits per heavy atom. The van der Waals surface area contributed by atoms with Crippen LogP contribution < -0.4 is 0 Å². The Morgan fingerprint density at radius 1 is 0.857 bits per heavy atom. The van der Waals surface area contributed by atoms with E-state index in [4.69, 9.17) is 0 Å². The van der Waals surface area contributed by atoms with Gasteiger partial charge in [-0.05, 0) is 0 Å². The molecule has 86 valence electrons. The van der Waals surface area contributed by atoms with Crippen molar-refractivity contribution in [2.45, 2.75) is 65.7 Å². The molecule has 0 aliphatic carbocycles. The predicted octanol–water partition coefficient (Wildman–Crippen LogP) is 5.18. The van der Waals surface area contributed by atoms with E-state index < -0.39 is 18.4 Å². The van der Waals surface area contributed by atoms with Crippen LogP contribution in [0.4, 0.5) is 0 Å². The molecule has 0 aliphatic rings. The molecule has 0 bridgehead atoms. The zero-order valence-corrected chi connectivity index (χ0v) is 14.0. The summed E-state index contributed by atoms with van der Waals surface area (Å²) in [6.45, 7) is 7.10. The van der Waals surface area contributed by atoms with E-state index >= 15 is 0 Å². The van der Waals surface area contributed by atoms with Gasteiger partial charge in [-0.15, -0.1) is 0 Å². The first-order chi connectivity index (χ1) is 6.31. The van der Waals surface area contributed by atoms with Crippen molar-refractivity contribution in [2.24, 2.45) is 11.8 Å². The third-order valence-corrected chi connectivity index (χ3v) is 7.97. The zero-order valence-electron chi connectivity index (χ0n) is 11.2. The van der Waals surface area contributed by atoms with Crippen LogP contribution in [0, 0.1) is 11.8 Å². The van der Waals surface area contributed by atoms with Crippen LogP contribution in [-0.2, 0) is 0 Å². The fraction of sp³-hybridized carbons (Fsp3) is 1.00. The summed E-state index contributed by atoms with van der Waals surface area (Å²) in [7, 11) is 0. The molecule has 1 heteroatoms. The Bertz CT molecular complexity index is 133. The Balaban J connectivity index is 3.42. The van der Waals surface area contributed by atoms with Crippen molar-refractivity contribution in [2.75, 3.05) is 0 Å². The van der Waals surface area contributed by atoms with Gasteiger partial charge in [0, 0.05) is 0 Å². The summed E-state index contributed by atoms with van der Waals surface area (Å²) in [5.41, 5.74) is 0. The van der Waals surface area contributed by atoms with Crippen molar-refractivity contribution in [3.8, 4) is 0 Å². The first kappa shape index (κ1) is 14.8. The summed E-state index contributed by atoms with van der Waals surface area (Å²) < 4.78 is 1.58. The molecule has 0 heterocycles. The van der Waals surface area contributed by atoms with Crippen LogP contribution in [0.25, 0.3) is 0 Å². The maximum absolute atomic E-state index is 2.55. The molecule has 0 rings (SSSR count). The Hall–Kier alpha value is 0.799. The van der Waals surface area contributed by atoms with Gasteiger partial charge in [-0.25, -0.2) is 0 Å². The fourth-order valence-corrected chi connectivity index (χ4v) is 5.58. The molecule has 0 fully saturated rings. The van der Waals surface area contributed by atoms with Crippen molar-refractivity contribution in [3.05, 3.63) is 0 Å². The average Bonchev–Trinajstić information content (AvgIpc) is 1.99. The quantitative estimate of drug-likeness (QED) is 0.569. The summed E-state index contributed by atoms with van der Waals surface area (Å²) in [4.78, 5) is 7.65. The van der Waals surface area contributed by atoms with E-state index in [2.05, 4.69) is 35.6 Å². The van der Waals surface area contributed by atoms with E-state index in [1.807, 2.05) is 0 Å². The summed E-state index contributed by atoms with van der Waals surface area (Å²) in [5, 5.41) is 0. The molecule has 0 saturated carbocycles. The molecule has 0 radical (unpaired) electrons. The van der Waals surface area contributed by atoms with Gasteiger partial charge in [-0.2, -0.15) is 0 Å². The third kappa shape index (κ3) is 10.9. The molecule has 1 atom stereocenters. The van der Waals surface area contributed by atoms with E-state index in [0.29, 0.717) is 0 Å². The van der Waals surface area contributed by atoms with Gasteiger partial charge in [0.05, 0.1) is 0 Å². The second kappa shape index (κ2) is 7.13. The van der Waals surface area contributed by atoms with Crippen molar-refractivity contribution >= 4 is 18.4 Å². The van der Waals surface area contributed by atoms with Crippen LogP contribution in [0.1, 0.15) is 46.5 Å². The average molecular weight is 305 g/mol. The van der Waals surface area contributed by atoms with Gasteiger partial charge in [0.25, 0.3) is 0 Å². The van der Waals surface area contributed by atoms with Gasteiger partial charge >= 0.3 is 95.9 Å². The second-order valence-electron chi connectivity index (χ2n) is 6.53. The monoisotopic (exact) mass is 306 g/mol. The molecule has 0 N–H and O–H groups in total. The molecule has 0 amide bonds. The van der Waals surface area contributed by atoms with Crippen LogP contribution in [0.2, 0.25) is 19.3 Å². The molecule has 1 unspecified atom stereocenters. The topological polar surface area (TPSA) is 0 Å². The molecule has 0 spiro atoms. The van der Waals surface area contributed by atoms with Gasteiger partial charge < -0.3 is 0 Å². The van der Waals surface area contributed by atoms with Crippen molar-refractivity contribution in [1.29, 1.82) is 0 Å². The summed E-state index contributed by atoms with van der Waals surface area (Å²) >= 11 is -1.45. The molecular formula is C13H30Sn. The molecular weight excluding hydrogens is 275 g/mol. The Labute approximate surface area is 95.7 Å². The SMILES string of the molecule is CC(C)CCCC(C)C[CH2][Sn]([CH3])([CH3])[CH3]. The molecule has 0 aromatic carbocycles. The summed E-state index contributed by atoms with van der Waals surface area (Å²) in [6.07, 6.45) is 5.82. The summed E-state index contributed by atoms with van der Waals surface area (Å²) in [6, 6.07) is 0. The van der Waals surface area contributed by atoms with Crippen LogP contribution >= 0.6 is 0 Å². The minimum absolute atomic E-state index is 0.893. The first-order valence-electron chi connectivity index (χ1n) is 6.31. The van der Waals surface area contributed by atoms with Crippen molar-refractivity contribution in [1.82, 2.24) is 0 Å². The van der Waals surface area contributed by atoms with E-state index in [0.717, 1.165) is 11.8 Å². The second-order valence-corrected chi connectivity index (χ2v) is 22.6. The Morgan fingerprint density at radius 3 is 1.86 bits per heavy atom. The van der Waals surface area contributed by atoms with E-state index in [1.54, 1.807) is 4.44 Å². The third-order valence-electron chi connectivity index (χ3n) is 2.87. The number of hydrogen-bond acceptors (Lipinski definition) is 0. The molecule has 0 aliphatic heterocycles. The summed E-state index contributed by atoms with van der Waals surface area (Å²) in [5.74, 6) is 1.87. The number of rotatable bonds is 7.